The lowest BCUT2D eigenvalue weighted by Crippen LogP contribution is -2.47. The van der Waals surface area contributed by atoms with Crippen LogP contribution in [0.1, 0.15) is 348 Å². The summed E-state index contributed by atoms with van der Waals surface area (Å²) in [7, 11) is 1.50. The predicted octanol–water partition coefficient (Wildman–Crippen LogP) is 23.5. The number of rotatable bonds is 67. The fourth-order valence-electron chi connectivity index (χ4n) is 10.7. The van der Waals surface area contributed by atoms with E-state index in [0.29, 0.717) is 17.4 Å². The quantitative estimate of drug-likeness (QED) is 0.0205. The van der Waals surface area contributed by atoms with Crippen LogP contribution >= 0.6 is 7.82 Å². The number of amides is 1. The molecule has 3 atom stereocenters. The Hall–Kier alpha value is -2.55. The molecule has 0 aromatic heterocycles. The Bertz CT molecular complexity index is 1700. The average molecular weight is 1230 g/mol. The molecule has 3 unspecified atom stereocenters. The van der Waals surface area contributed by atoms with Gasteiger partial charge in [0.05, 0.1) is 33.8 Å². The molecule has 502 valence electrons. The summed E-state index contributed by atoms with van der Waals surface area (Å²) in [5.41, 5.74) is 0. The number of carbonyl (C=O) groups is 2. The molecule has 0 radical (unpaired) electrons. The monoisotopic (exact) mass is 1230 g/mol. The maximum absolute atomic E-state index is 13.6. The predicted molar refractivity (Wildman–Crippen MR) is 374 cm³/mol. The number of carbonyl (C=O) groups excluding carboxylic acids is 2. The van der Waals surface area contributed by atoms with Gasteiger partial charge in [0, 0.05) is 12.8 Å². The highest BCUT2D eigenvalue weighted by molar-refractivity contribution is 7.47. The van der Waals surface area contributed by atoms with Crippen LogP contribution in [0.2, 0.25) is 0 Å². The third kappa shape index (κ3) is 65.9. The van der Waals surface area contributed by atoms with Gasteiger partial charge in [-0.15, -0.1) is 0 Å². The topological polar surface area (TPSA) is 111 Å². The molecule has 0 spiro atoms. The normalized spacial score (nSPS) is 13.9. The molecule has 0 saturated carbocycles. The Balaban J connectivity index is 5.00. The maximum atomic E-state index is 13.6. The lowest BCUT2D eigenvalue weighted by atomic mass is 10.0. The van der Waals surface area contributed by atoms with E-state index in [-0.39, 0.29) is 31.5 Å². The fraction of sp³-hybridized carbons (Fsp3) is 0.816. The van der Waals surface area contributed by atoms with Gasteiger partial charge in [-0.2, -0.15) is 0 Å². The van der Waals surface area contributed by atoms with Gasteiger partial charge in [-0.05, 0) is 102 Å². The molecule has 0 aliphatic rings. The number of hydrogen-bond acceptors (Lipinski definition) is 6. The molecule has 10 heteroatoms. The highest BCUT2D eigenvalue weighted by Crippen LogP contribution is 2.43. The summed E-state index contributed by atoms with van der Waals surface area (Å²) in [5, 5.41) is 3.08. The number of likely N-dealkylation sites (N-methyl/N-ethyl adjacent to an activating group) is 1. The van der Waals surface area contributed by atoms with Crippen LogP contribution in [0.15, 0.2) is 72.9 Å². The lowest BCUT2D eigenvalue weighted by molar-refractivity contribution is -0.870. The summed E-state index contributed by atoms with van der Waals surface area (Å²) in [6.45, 7) is 7.00. The van der Waals surface area contributed by atoms with E-state index >= 15 is 0 Å². The minimum absolute atomic E-state index is 0.0384. The zero-order chi connectivity index (χ0) is 62.8. The zero-order valence-corrected chi connectivity index (χ0v) is 58.5. The third-order valence-electron chi connectivity index (χ3n) is 16.4. The van der Waals surface area contributed by atoms with Crippen LogP contribution in [-0.2, 0) is 27.9 Å². The molecule has 0 aromatic rings. The number of unbranched alkanes of at least 4 members (excludes halogenated alkanes) is 41. The molecular weight excluding hydrogens is 1080 g/mol. The fourth-order valence-corrected chi connectivity index (χ4v) is 11.4. The minimum atomic E-state index is -4.46. The van der Waals surface area contributed by atoms with Crippen molar-refractivity contribution in [2.24, 2.45) is 0 Å². The van der Waals surface area contributed by atoms with Gasteiger partial charge < -0.3 is 19.4 Å². The van der Waals surface area contributed by atoms with Crippen molar-refractivity contribution in [2.75, 3.05) is 40.9 Å². The molecule has 0 fully saturated rings. The Morgan fingerprint density at radius 2 is 0.709 bits per heavy atom. The summed E-state index contributed by atoms with van der Waals surface area (Å²) in [6.07, 6.45) is 86.3. The summed E-state index contributed by atoms with van der Waals surface area (Å²) >= 11 is 0. The second-order valence-corrected chi connectivity index (χ2v) is 27.6. The van der Waals surface area contributed by atoms with Crippen LogP contribution < -0.4 is 5.32 Å². The SMILES string of the molecule is CCCCC/C=C\C/C=C\C/C=C\CCCCCCCCCCC(=O)OC(/C=C\CCCCCCCCCCCC)C(COP(=O)(O)OCC[N+](C)(C)C)NC(=O)CCCCCCCCCCCCCCCCCCC/C=C\C/C=C\CCCCC. The number of phosphoric ester groups is 1. The summed E-state index contributed by atoms with van der Waals surface area (Å²) in [5.74, 6) is -0.501. The van der Waals surface area contributed by atoms with Gasteiger partial charge in [0.15, 0.2) is 0 Å². The number of phosphoric acid groups is 1. The number of ether oxygens (including phenoxy) is 1. The van der Waals surface area contributed by atoms with E-state index in [2.05, 4.69) is 86.8 Å². The van der Waals surface area contributed by atoms with Gasteiger partial charge in [0.25, 0.3) is 0 Å². The van der Waals surface area contributed by atoms with E-state index in [1.54, 1.807) is 0 Å². The molecule has 0 saturated heterocycles. The van der Waals surface area contributed by atoms with Gasteiger partial charge in [0.2, 0.25) is 5.91 Å². The third-order valence-corrected chi connectivity index (χ3v) is 17.4. The molecule has 1 amide bonds. The van der Waals surface area contributed by atoms with Crippen LogP contribution in [0.4, 0.5) is 0 Å². The highest BCUT2D eigenvalue weighted by Gasteiger charge is 2.30. The molecule has 9 nitrogen and oxygen atoms in total. The van der Waals surface area contributed by atoms with E-state index in [9.17, 15) is 19.0 Å². The van der Waals surface area contributed by atoms with Crippen LogP contribution in [0.25, 0.3) is 0 Å². The van der Waals surface area contributed by atoms with Gasteiger partial charge in [-0.3, -0.25) is 18.6 Å². The Labute approximate surface area is 533 Å². The van der Waals surface area contributed by atoms with Crippen LogP contribution in [0, 0.1) is 0 Å². The first-order valence-corrected chi connectivity index (χ1v) is 38.3. The number of esters is 1. The molecule has 86 heavy (non-hydrogen) atoms. The van der Waals surface area contributed by atoms with Crippen LogP contribution in [0.3, 0.4) is 0 Å². The van der Waals surface area contributed by atoms with Crippen molar-refractivity contribution in [1.29, 1.82) is 0 Å². The number of hydrogen-bond donors (Lipinski definition) is 2. The van der Waals surface area contributed by atoms with Gasteiger partial charge in [-0.25, -0.2) is 4.57 Å². The van der Waals surface area contributed by atoms with Crippen LogP contribution in [0.5, 0.6) is 0 Å². The first-order chi connectivity index (χ1) is 41.9. The molecular formula is C76H142N2O7P+. The van der Waals surface area contributed by atoms with Crippen LogP contribution in [-0.4, -0.2) is 74.3 Å². The molecule has 0 bridgehead atoms. The van der Waals surface area contributed by atoms with Gasteiger partial charge in [-0.1, -0.05) is 306 Å². The summed E-state index contributed by atoms with van der Waals surface area (Å²) in [6, 6.07) is -0.854. The second-order valence-electron chi connectivity index (χ2n) is 26.1. The van der Waals surface area contributed by atoms with E-state index in [1.807, 2.05) is 33.3 Å². The molecule has 0 aromatic carbocycles. The van der Waals surface area contributed by atoms with Gasteiger partial charge in [0.1, 0.15) is 19.3 Å². The molecule has 0 rings (SSSR count). The standard InChI is InChI=1S/C76H141N2O7P/c1-7-10-13-16-19-22-25-28-30-32-34-36-37-38-39-40-41-43-44-46-48-50-53-56-59-62-65-68-75(79)77-73(72-84-86(81,82)83-71-70-78(4,5)6)74(67-64-61-58-55-52-27-24-21-18-15-12-9-3)85-76(80)69-66-63-60-57-54-51-49-47-45-42-35-33-31-29-26-23-20-17-14-11-8-2/h19-20,22-23,28-31,35,42,64,67,73-74H,7-18,21,24-27,32-34,36-41,43-63,65-66,68-72H2,1-6H3,(H-,77,79,81,82)/p+1/b22-19-,23-20-,30-28-,31-29-,42-35-,67-64-. The lowest BCUT2D eigenvalue weighted by Gasteiger charge is -2.27. The van der Waals surface area contributed by atoms with Crippen molar-refractivity contribution in [2.45, 2.75) is 360 Å². The van der Waals surface area contributed by atoms with Crippen molar-refractivity contribution >= 4 is 19.7 Å². The van der Waals surface area contributed by atoms with Crippen molar-refractivity contribution in [3.8, 4) is 0 Å². The van der Waals surface area contributed by atoms with E-state index in [1.165, 1.54) is 225 Å². The van der Waals surface area contributed by atoms with E-state index in [4.69, 9.17) is 13.8 Å². The average Bonchev–Trinajstić information content (AvgIpc) is 3.69. The Kier molecular flexibility index (Phi) is 63.5. The molecule has 0 aliphatic carbocycles. The molecule has 2 N–H and O–H groups in total. The molecule has 0 heterocycles. The Morgan fingerprint density at radius 1 is 0.407 bits per heavy atom. The van der Waals surface area contributed by atoms with E-state index < -0.39 is 20.0 Å². The van der Waals surface area contributed by atoms with Crippen molar-refractivity contribution in [1.82, 2.24) is 5.32 Å². The Morgan fingerprint density at radius 3 is 1.08 bits per heavy atom. The number of nitrogens with one attached hydrogen (secondary N) is 1. The minimum Gasteiger partial charge on any atom is -0.456 e. The van der Waals surface area contributed by atoms with Crippen molar-refractivity contribution < 1.29 is 37.3 Å². The van der Waals surface area contributed by atoms with E-state index in [0.717, 1.165) is 89.9 Å². The van der Waals surface area contributed by atoms with Crippen molar-refractivity contribution in [3.05, 3.63) is 72.9 Å². The highest BCUT2D eigenvalue weighted by atomic mass is 31.2. The van der Waals surface area contributed by atoms with Gasteiger partial charge >= 0.3 is 13.8 Å². The van der Waals surface area contributed by atoms with Crippen molar-refractivity contribution in [3.63, 3.8) is 0 Å². The summed E-state index contributed by atoms with van der Waals surface area (Å²) < 4.78 is 30.9. The molecule has 0 aliphatic heterocycles. The first-order valence-electron chi connectivity index (χ1n) is 36.8. The number of allylic oxidation sites excluding steroid dienone is 11. The zero-order valence-electron chi connectivity index (χ0n) is 57.6. The largest absolute Gasteiger partial charge is 0.472 e. The number of nitrogens with zero attached hydrogens (tertiary/aromatic N) is 1. The number of quaternary nitrogens is 1. The first kappa shape index (κ1) is 83.5. The summed E-state index contributed by atoms with van der Waals surface area (Å²) in [4.78, 5) is 37.9. The maximum Gasteiger partial charge on any atom is 0.472 e. The smallest absolute Gasteiger partial charge is 0.456 e. The second kappa shape index (κ2) is 65.4.